The fraction of sp³-hybridized carbons (Fsp3) is 0.160. The Hall–Kier alpha value is -3.42. The minimum absolute atomic E-state index is 0.229. The highest BCUT2D eigenvalue weighted by molar-refractivity contribution is 7.13. The number of anilines is 1. The normalized spacial score (nSPS) is 16.3. The summed E-state index contributed by atoms with van der Waals surface area (Å²) in [5.74, 6) is 0.874. The Labute approximate surface area is 200 Å². The number of urea groups is 1. The first-order valence-electron chi connectivity index (χ1n) is 10.6. The summed E-state index contributed by atoms with van der Waals surface area (Å²) in [4.78, 5) is 20.6. The predicted molar refractivity (Wildman–Crippen MR) is 131 cm³/mol. The first-order valence-corrected chi connectivity index (χ1v) is 11.8. The summed E-state index contributed by atoms with van der Waals surface area (Å²) in [5, 5.41) is 9.86. The quantitative estimate of drug-likeness (QED) is 0.347. The van der Waals surface area contributed by atoms with Crippen LogP contribution in [0, 0.1) is 0 Å². The Balaban J connectivity index is 1.67. The van der Waals surface area contributed by atoms with E-state index < -0.39 is 6.04 Å². The summed E-state index contributed by atoms with van der Waals surface area (Å²) in [6, 6.07) is 18.5. The molecule has 1 unspecified atom stereocenters. The lowest BCUT2D eigenvalue weighted by atomic mass is 9.94. The Morgan fingerprint density at radius 1 is 1.15 bits per heavy atom. The first kappa shape index (κ1) is 21.4. The summed E-state index contributed by atoms with van der Waals surface area (Å²) in [7, 11) is 0. The SMILES string of the molecule is CCc1cccc(N2C(=O)NC(c3cccc(Cl)c3)C(c3nc(-c4cccs4)no3)=C2C)c1. The molecule has 166 valence electrons. The van der Waals surface area contributed by atoms with Crippen molar-refractivity contribution in [3.05, 3.63) is 93.8 Å². The van der Waals surface area contributed by atoms with Crippen LogP contribution in [0.25, 0.3) is 16.3 Å². The molecule has 1 atom stereocenters. The van der Waals surface area contributed by atoms with Gasteiger partial charge in [-0.1, -0.05) is 54.0 Å². The van der Waals surface area contributed by atoms with E-state index in [1.807, 2.05) is 66.9 Å². The number of hydrogen-bond acceptors (Lipinski definition) is 5. The van der Waals surface area contributed by atoms with E-state index in [0.29, 0.717) is 16.7 Å². The van der Waals surface area contributed by atoms with Crippen LogP contribution < -0.4 is 10.2 Å². The van der Waals surface area contributed by atoms with E-state index >= 15 is 0 Å². The molecule has 8 heteroatoms. The number of halogens is 1. The molecule has 3 heterocycles. The van der Waals surface area contributed by atoms with E-state index in [1.54, 1.807) is 11.0 Å². The molecular formula is C25H21ClN4O2S. The number of rotatable bonds is 5. The van der Waals surface area contributed by atoms with Crippen molar-refractivity contribution in [2.24, 2.45) is 0 Å². The van der Waals surface area contributed by atoms with Gasteiger partial charge in [-0.25, -0.2) is 4.79 Å². The van der Waals surface area contributed by atoms with Crippen LogP contribution >= 0.6 is 22.9 Å². The van der Waals surface area contributed by atoms with Gasteiger partial charge < -0.3 is 9.84 Å². The molecule has 0 radical (unpaired) electrons. The van der Waals surface area contributed by atoms with Crippen LogP contribution in [0.15, 0.2) is 76.3 Å². The van der Waals surface area contributed by atoms with Crippen molar-refractivity contribution in [2.45, 2.75) is 26.3 Å². The number of benzene rings is 2. The van der Waals surface area contributed by atoms with Crippen molar-refractivity contribution in [1.82, 2.24) is 15.5 Å². The van der Waals surface area contributed by atoms with Gasteiger partial charge in [0.1, 0.15) is 0 Å². The number of thiophene rings is 1. The summed E-state index contributed by atoms with van der Waals surface area (Å²) >= 11 is 7.81. The summed E-state index contributed by atoms with van der Waals surface area (Å²) < 4.78 is 5.72. The van der Waals surface area contributed by atoms with Crippen LogP contribution in [0.4, 0.5) is 10.5 Å². The van der Waals surface area contributed by atoms with Crippen molar-refractivity contribution in [3.63, 3.8) is 0 Å². The number of carbonyl (C=O) groups excluding carboxylic acids is 1. The standard InChI is InChI=1S/C25H21ClN4O2S/c1-3-16-7-4-10-19(13-16)30-15(2)21(24-28-23(29-32-24)20-11-6-12-33-20)22(27-25(30)31)17-8-5-9-18(26)14-17/h4-14,22H,3H2,1-2H3,(H,27,31). The Kier molecular flexibility index (Phi) is 5.74. The second kappa shape index (κ2) is 8.84. The van der Waals surface area contributed by atoms with Gasteiger partial charge in [-0.05, 0) is 60.2 Å². The second-order valence-electron chi connectivity index (χ2n) is 7.70. The largest absolute Gasteiger partial charge is 0.334 e. The molecule has 0 saturated heterocycles. The van der Waals surface area contributed by atoms with Crippen LogP contribution in [-0.2, 0) is 6.42 Å². The molecule has 0 saturated carbocycles. The average molecular weight is 477 g/mol. The Morgan fingerprint density at radius 2 is 2.00 bits per heavy atom. The van der Waals surface area contributed by atoms with E-state index in [-0.39, 0.29) is 6.03 Å². The number of nitrogens with one attached hydrogen (secondary N) is 1. The second-order valence-corrected chi connectivity index (χ2v) is 9.08. The van der Waals surface area contributed by atoms with Crippen molar-refractivity contribution in [1.29, 1.82) is 0 Å². The lowest BCUT2D eigenvalue weighted by molar-refractivity contribution is 0.244. The maximum atomic E-state index is 13.3. The molecular weight excluding hydrogens is 456 g/mol. The average Bonchev–Trinajstić information content (AvgIpc) is 3.51. The van der Waals surface area contributed by atoms with Crippen molar-refractivity contribution < 1.29 is 9.32 Å². The number of amides is 2. The van der Waals surface area contributed by atoms with Gasteiger partial charge in [-0.2, -0.15) is 4.98 Å². The molecule has 5 rings (SSSR count). The van der Waals surface area contributed by atoms with Gasteiger partial charge in [0.2, 0.25) is 5.82 Å². The molecule has 2 aromatic heterocycles. The van der Waals surface area contributed by atoms with Crippen molar-refractivity contribution in [2.75, 3.05) is 4.90 Å². The lowest BCUT2D eigenvalue weighted by Crippen LogP contribution is -2.46. The summed E-state index contributed by atoms with van der Waals surface area (Å²) in [5.41, 5.74) is 4.21. The third kappa shape index (κ3) is 4.05. The van der Waals surface area contributed by atoms with E-state index in [0.717, 1.165) is 39.4 Å². The number of nitrogens with zero attached hydrogens (tertiary/aromatic N) is 3. The van der Waals surface area contributed by atoms with Crippen molar-refractivity contribution >= 4 is 40.2 Å². The van der Waals surface area contributed by atoms with Gasteiger partial charge in [0.15, 0.2) is 0 Å². The number of aromatic nitrogens is 2. The monoisotopic (exact) mass is 476 g/mol. The molecule has 1 N–H and O–H groups in total. The number of carbonyl (C=O) groups is 1. The zero-order chi connectivity index (χ0) is 22.9. The van der Waals surface area contributed by atoms with Crippen LogP contribution in [0.1, 0.15) is 36.9 Å². The molecule has 2 amide bonds. The highest BCUT2D eigenvalue weighted by atomic mass is 35.5. The smallest absolute Gasteiger partial charge is 0.326 e. The Bertz CT molecular complexity index is 1350. The minimum atomic E-state index is -0.488. The van der Waals surface area contributed by atoms with Gasteiger partial charge in [-0.15, -0.1) is 11.3 Å². The molecule has 0 bridgehead atoms. The molecule has 4 aromatic rings. The highest BCUT2D eigenvalue weighted by Gasteiger charge is 2.36. The van der Waals surface area contributed by atoms with Crippen LogP contribution in [0.5, 0.6) is 0 Å². The van der Waals surface area contributed by atoms with E-state index in [9.17, 15) is 4.79 Å². The van der Waals surface area contributed by atoms with Crippen LogP contribution in [0.3, 0.4) is 0 Å². The molecule has 0 spiro atoms. The minimum Gasteiger partial charge on any atom is -0.334 e. The van der Waals surface area contributed by atoms with E-state index in [1.165, 1.54) is 11.3 Å². The number of hydrogen-bond donors (Lipinski definition) is 1. The Morgan fingerprint density at radius 3 is 2.76 bits per heavy atom. The molecule has 0 fully saturated rings. The molecule has 33 heavy (non-hydrogen) atoms. The first-order chi connectivity index (χ1) is 16.0. The zero-order valence-corrected chi connectivity index (χ0v) is 19.7. The number of allylic oxidation sites excluding steroid dienone is 1. The van der Waals surface area contributed by atoms with Gasteiger partial charge in [-0.3, -0.25) is 4.90 Å². The zero-order valence-electron chi connectivity index (χ0n) is 18.1. The molecule has 6 nitrogen and oxygen atoms in total. The third-order valence-electron chi connectivity index (χ3n) is 5.64. The maximum absolute atomic E-state index is 13.3. The van der Waals surface area contributed by atoms with Crippen LogP contribution in [0.2, 0.25) is 5.02 Å². The molecule has 1 aliphatic rings. The summed E-state index contributed by atoms with van der Waals surface area (Å²) in [6.07, 6.45) is 0.873. The third-order valence-corrected chi connectivity index (χ3v) is 6.74. The molecule has 2 aromatic carbocycles. The molecule has 0 aliphatic carbocycles. The fourth-order valence-electron chi connectivity index (χ4n) is 4.02. The lowest BCUT2D eigenvalue weighted by Gasteiger charge is -2.35. The topological polar surface area (TPSA) is 71.3 Å². The predicted octanol–water partition coefficient (Wildman–Crippen LogP) is 6.72. The highest BCUT2D eigenvalue weighted by Crippen LogP contribution is 2.40. The maximum Gasteiger partial charge on any atom is 0.326 e. The van der Waals surface area contributed by atoms with Crippen LogP contribution in [-0.4, -0.2) is 16.2 Å². The summed E-state index contributed by atoms with van der Waals surface area (Å²) in [6.45, 7) is 3.99. The van der Waals surface area contributed by atoms with E-state index in [4.69, 9.17) is 16.1 Å². The van der Waals surface area contributed by atoms with Gasteiger partial charge >= 0.3 is 6.03 Å². The van der Waals surface area contributed by atoms with Gasteiger partial charge in [0, 0.05) is 10.7 Å². The van der Waals surface area contributed by atoms with Gasteiger partial charge in [0.25, 0.3) is 5.89 Å². The fourth-order valence-corrected chi connectivity index (χ4v) is 4.87. The van der Waals surface area contributed by atoms with E-state index in [2.05, 4.69) is 22.4 Å². The number of aryl methyl sites for hydroxylation is 1. The van der Waals surface area contributed by atoms with Crippen molar-refractivity contribution in [3.8, 4) is 10.7 Å². The molecule has 1 aliphatic heterocycles. The van der Waals surface area contributed by atoms with Gasteiger partial charge in [0.05, 0.1) is 22.2 Å².